The molecule has 0 heteroatoms. The van der Waals surface area contributed by atoms with Crippen LogP contribution in [-0.2, 0) is 0 Å². The molecule has 0 unspecified atom stereocenters. The SMILES string of the molecule is C=C(/C=C/c1ccc(C)c(C)c1)c1ccc(C)cc1. The van der Waals surface area contributed by atoms with Gasteiger partial charge in [-0.1, -0.05) is 66.8 Å². The molecule has 0 bridgehead atoms. The van der Waals surface area contributed by atoms with Crippen LogP contribution in [0.4, 0.5) is 0 Å². The third-order valence-corrected chi connectivity index (χ3v) is 3.43. The van der Waals surface area contributed by atoms with E-state index in [0.29, 0.717) is 0 Å². The minimum Gasteiger partial charge on any atom is -0.0912 e. The quantitative estimate of drug-likeness (QED) is 0.643. The normalized spacial score (nSPS) is 10.9. The van der Waals surface area contributed by atoms with Crippen molar-refractivity contribution in [2.45, 2.75) is 20.8 Å². The van der Waals surface area contributed by atoms with Gasteiger partial charge < -0.3 is 0 Å². The summed E-state index contributed by atoms with van der Waals surface area (Å²) in [7, 11) is 0. The van der Waals surface area contributed by atoms with Crippen LogP contribution in [-0.4, -0.2) is 0 Å². The molecule has 0 aliphatic heterocycles. The molecular formula is C19H20. The summed E-state index contributed by atoms with van der Waals surface area (Å²) in [6.45, 7) is 10.5. The van der Waals surface area contributed by atoms with Crippen LogP contribution in [0.3, 0.4) is 0 Å². The monoisotopic (exact) mass is 248 g/mol. The zero-order valence-electron chi connectivity index (χ0n) is 11.9. The highest BCUT2D eigenvalue weighted by molar-refractivity contribution is 5.77. The van der Waals surface area contributed by atoms with Crippen molar-refractivity contribution in [3.05, 3.63) is 82.9 Å². The number of benzene rings is 2. The molecule has 0 atom stereocenters. The second-order valence-corrected chi connectivity index (χ2v) is 5.07. The van der Waals surface area contributed by atoms with Crippen molar-refractivity contribution >= 4 is 11.6 Å². The van der Waals surface area contributed by atoms with Crippen LogP contribution in [0.2, 0.25) is 0 Å². The predicted octanol–water partition coefficient (Wildman–Crippen LogP) is 5.34. The first-order valence-electron chi connectivity index (χ1n) is 6.57. The van der Waals surface area contributed by atoms with E-state index in [9.17, 15) is 0 Å². The lowest BCUT2D eigenvalue weighted by Gasteiger charge is -2.03. The average Bonchev–Trinajstić information content (AvgIpc) is 2.40. The minimum absolute atomic E-state index is 1.04. The van der Waals surface area contributed by atoms with Crippen LogP contribution in [0, 0.1) is 20.8 Å². The Balaban J connectivity index is 2.15. The molecule has 0 heterocycles. The third kappa shape index (κ3) is 3.45. The topological polar surface area (TPSA) is 0 Å². The Labute approximate surface area is 116 Å². The van der Waals surface area contributed by atoms with E-state index in [4.69, 9.17) is 0 Å². The van der Waals surface area contributed by atoms with Gasteiger partial charge in [0.05, 0.1) is 0 Å². The van der Waals surface area contributed by atoms with Crippen LogP contribution in [0.5, 0.6) is 0 Å². The van der Waals surface area contributed by atoms with Crippen molar-refractivity contribution in [1.82, 2.24) is 0 Å². The van der Waals surface area contributed by atoms with Crippen molar-refractivity contribution in [3.8, 4) is 0 Å². The molecule has 0 nitrogen and oxygen atoms in total. The summed E-state index contributed by atoms with van der Waals surface area (Å²) in [5, 5.41) is 0. The molecule has 2 rings (SSSR count). The van der Waals surface area contributed by atoms with Gasteiger partial charge in [-0.05, 0) is 48.6 Å². The van der Waals surface area contributed by atoms with Gasteiger partial charge in [0.2, 0.25) is 0 Å². The molecule has 0 spiro atoms. The summed E-state index contributed by atoms with van der Waals surface area (Å²) in [5.41, 5.74) is 7.35. The fraction of sp³-hybridized carbons (Fsp3) is 0.158. The van der Waals surface area contributed by atoms with E-state index in [0.717, 1.165) is 5.57 Å². The molecule has 0 saturated carbocycles. The maximum Gasteiger partial charge on any atom is -0.0190 e. The van der Waals surface area contributed by atoms with E-state index >= 15 is 0 Å². The fourth-order valence-corrected chi connectivity index (χ4v) is 1.93. The van der Waals surface area contributed by atoms with E-state index in [1.165, 1.54) is 27.8 Å². The number of rotatable bonds is 3. The minimum atomic E-state index is 1.04. The van der Waals surface area contributed by atoms with E-state index in [1.54, 1.807) is 0 Å². The predicted molar refractivity (Wildman–Crippen MR) is 85.2 cm³/mol. The standard InChI is InChI=1S/C19H20/c1-14-5-11-19(12-6-14)16(3)8-10-18-9-7-15(2)17(4)13-18/h5-13H,3H2,1-2,4H3/b10-8+. The number of hydrogen-bond acceptors (Lipinski definition) is 0. The lowest BCUT2D eigenvalue weighted by molar-refractivity contribution is 1.33. The Bertz CT molecular complexity index is 613. The molecule has 0 amide bonds. The number of allylic oxidation sites excluding steroid dienone is 2. The summed E-state index contributed by atoms with van der Waals surface area (Å²) in [6.07, 6.45) is 4.20. The zero-order chi connectivity index (χ0) is 13.8. The van der Waals surface area contributed by atoms with Gasteiger partial charge in [-0.15, -0.1) is 0 Å². The van der Waals surface area contributed by atoms with E-state index < -0.39 is 0 Å². The van der Waals surface area contributed by atoms with E-state index in [-0.39, 0.29) is 0 Å². The lowest BCUT2D eigenvalue weighted by Crippen LogP contribution is -1.82. The second kappa shape index (κ2) is 5.71. The molecule has 0 radical (unpaired) electrons. The Kier molecular flexibility index (Phi) is 4.01. The van der Waals surface area contributed by atoms with Crippen LogP contribution in [0.15, 0.2) is 55.1 Å². The summed E-state index contributed by atoms with van der Waals surface area (Å²) in [4.78, 5) is 0. The molecule has 2 aromatic rings. The van der Waals surface area contributed by atoms with Crippen molar-refractivity contribution in [2.24, 2.45) is 0 Å². The maximum atomic E-state index is 4.12. The molecule has 96 valence electrons. The lowest BCUT2D eigenvalue weighted by atomic mass is 10.0. The van der Waals surface area contributed by atoms with Crippen LogP contribution in [0.1, 0.15) is 27.8 Å². The number of aryl methyl sites for hydroxylation is 3. The Morgan fingerprint density at radius 3 is 2.21 bits per heavy atom. The molecule has 19 heavy (non-hydrogen) atoms. The molecule has 0 aliphatic carbocycles. The second-order valence-electron chi connectivity index (χ2n) is 5.07. The highest BCUT2D eigenvalue weighted by Crippen LogP contribution is 2.17. The maximum absolute atomic E-state index is 4.12. The summed E-state index contributed by atoms with van der Waals surface area (Å²) >= 11 is 0. The highest BCUT2D eigenvalue weighted by Gasteiger charge is 1.96. The van der Waals surface area contributed by atoms with E-state index in [2.05, 4.69) is 82.0 Å². The van der Waals surface area contributed by atoms with Gasteiger partial charge in [0.1, 0.15) is 0 Å². The summed E-state index contributed by atoms with van der Waals surface area (Å²) in [6, 6.07) is 15.0. The van der Waals surface area contributed by atoms with Crippen LogP contribution in [0.25, 0.3) is 11.6 Å². The van der Waals surface area contributed by atoms with Gasteiger partial charge in [0.25, 0.3) is 0 Å². The molecule has 0 fully saturated rings. The molecule has 0 N–H and O–H groups in total. The first-order valence-corrected chi connectivity index (χ1v) is 6.57. The van der Waals surface area contributed by atoms with Gasteiger partial charge in [-0.25, -0.2) is 0 Å². The fourth-order valence-electron chi connectivity index (χ4n) is 1.93. The third-order valence-electron chi connectivity index (χ3n) is 3.43. The van der Waals surface area contributed by atoms with Gasteiger partial charge in [-0.3, -0.25) is 0 Å². The molecule has 0 aliphatic rings. The van der Waals surface area contributed by atoms with Gasteiger partial charge >= 0.3 is 0 Å². The van der Waals surface area contributed by atoms with E-state index in [1.807, 2.05) is 0 Å². The van der Waals surface area contributed by atoms with Gasteiger partial charge in [0.15, 0.2) is 0 Å². The van der Waals surface area contributed by atoms with Crippen molar-refractivity contribution in [2.75, 3.05) is 0 Å². The van der Waals surface area contributed by atoms with Crippen molar-refractivity contribution in [1.29, 1.82) is 0 Å². The van der Waals surface area contributed by atoms with Crippen molar-refractivity contribution < 1.29 is 0 Å². The molecule has 2 aromatic carbocycles. The van der Waals surface area contributed by atoms with Crippen molar-refractivity contribution in [3.63, 3.8) is 0 Å². The highest BCUT2D eigenvalue weighted by atomic mass is 14.0. The molecule has 0 aromatic heterocycles. The van der Waals surface area contributed by atoms with Crippen LogP contribution >= 0.6 is 0 Å². The smallest absolute Gasteiger partial charge is 0.0190 e. The molecular weight excluding hydrogens is 228 g/mol. The Morgan fingerprint density at radius 1 is 0.895 bits per heavy atom. The summed E-state index contributed by atoms with van der Waals surface area (Å²) in [5.74, 6) is 0. The zero-order valence-corrected chi connectivity index (χ0v) is 11.9. The largest absolute Gasteiger partial charge is 0.0912 e. The first kappa shape index (κ1) is 13.4. The molecule has 0 saturated heterocycles. The first-order chi connectivity index (χ1) is 9.06. The van der Waals surface area contributed by atoms with Gasteiger partial charge in [-0.2, -0.15) is 0 Å². The summed E-state index contributed by atoms with van der Waals surface area (Å²) < 4.78 is 0. The van der Waals surface area contributed by atoms with Crippen LogP contribution < -0.4 is 0 Å². The number of hydrogen-bond donors (Lipinski definition) is 0. The Morgan fingerprint density at radius 2 is 1.58 bits per heavy atom. The average molecular weight is 248 g/mol. The Hall–Kier alpha value is -2.08. The van der Waals surface area contributed by atoms with Gasteiger partial charge in [0, 0.05) is 0 Å².